The molecule has 0 unspecified atom stereocenters. The molecule has 6 nitrogen and oxygen atoms in total. The first-order valence-corrected chi connectivity index (χ1v) is 12.5. The molecule has 1 aliphatic heterocycles. The Morgan fingerprint density at radius 1 is 1.00 bits per heavy atom. The number of hydrogen-bond acceptors (Lipinski definition) is 4. The molecule has 3 aromatic carbocycles. The zero-order chi connectivity index (χ0) is 24.6. The van der Waals surface area contributed by atoms with Gasteiger partial charge in [0.15, 0.2) is 0 Å². The van der Waals surface area contributed by atoms with Gasteiger partial charge in [-0.2, -0.15) is 0 Å². The van der Waals surface area contributed by atoms with Crippen molar-refractivity contribution in [1.82, 2.24) is 19.9 Å². The minimum absolute atomic E-state index is 0.0225. The van der Waals surface area contributed by atoms with Crippen LogP contribution in [0.5, 0.6) is 0 Å². The van der Waals surface area contributed by atoms with Crippen molar-refractivity contribution in [2.24, 2.45) is 0 Å². The lowest BCUT2D eigenvalue weighted by Gasteiger charge is -2.35. The molecule has 1 fully saturated rings. The summed E-state index contributed by atoms with van der Waals surface area (Å²) in [6, 6.07) is 24.3. The third-order valence-corrected chi connectivity index (χ3v) is 7.16. The minimum atomic E-state index is -0.0225. The molecule has 180 valence electrons. The molecule has 1 saturated heterocycles. The van der Waals surface area contributed by atoms with Crippen molar-refractivity contribution in [1.29, 1.82) is 0 Å². The Morgan fingerprint density at radius 3 is 2.64 bits per heavy atom. The number of hydrogen-bond donors (Lipinski definition) is 1. The molecule has 5 aromatic rings. The summed E-state index contributed by atoms with van der Waals surface area (Å²) in [6.07, 6.45) is 3.79. The summed E-state index contributed by atoms with van der Waals surface area (Å²) in [6.45, 7) is 5.83. The number of carbonyl (C=O) groups is 1. The van der Waals surface area contributed by atoms with Crippen molar-refractivity contribution >= 4 is 33.5 Å². The Morgan fingerprint density at radius 2 is 1.83 bits per heavy atom. The van der Waals surface area contributed by atoms with Gasteiger partial charge >= 0.3 is 0 Å². The molecule has 0 bridgehead atoms. The van der Waals surface area contributed by atoms with Gasteiger partial charge in [0.2, 0.25) is 0 Å². The highest BCUT2D eigenvalue weighted by Crippen LogP contribution is 2.31. The van der Waals surface area contributed by atoms with Crippen LogP contribution in [-0.2, 0) is 0 Å². The van der Waals surface area contributed by atoms with Crippen LogP contribution in [0.25, 0.3) is 27.5 Å². The van der Waals surface area contributed by atoms with Gasteiger partial charge in [0.25, 0.3) is 5.91 Å². The van der Waals surface area contributed by atoms with Crippen LogP contribution < -0.4 is 10.2 Å². The van der Waals surface area contributed by atoms with E-state index in [1.807, 2.05) is 66.6 Å². The van der Waals surface area contributed by atoms with Crippen molar-refractivity contribution in [3.63, 3.8) is 0 Å². The number of pyridine rings is 1. The van der Waals surface area contributed by atoms with E-state index in [9.17, 15) is 4.79 Å². The highest BCUT2D eigenvalue weighted by Gasteiger charge is 2.30. The number of anilines is 1. The topological polar surface area (TPSA) is 63.1 Å². The average Bonchev–Trinajstić information content (AvgIpc) is 3.25. The Hall–Kier alpha value is -4.03. The second kappa shape index (κ2) is 9.21. The fourth-order valence-electron chi connectivity index (χ4n) is 5.42. The lowest BCUT2D eigenvalue weighted by Crippen LogP contribution is -2.49. The smallest absolute Gasteiger partial charge is 0.259 e. The normalized spacial score (nSPS) is 15.9. The van der Waals surface area contributed by atoms with E-state index in [1.54, 1.807) is 0 Å². The lowest BCUT2D eigenvalue weighted by molar-refractivity contribution is 0.0972. The first-order chi connectivity index (χ1) is 17.6. The summed E-state index contributed by atoms with van der Waals surface area (Å²) in [5.41, 5.74) is 4.78. The number of carbonyl (C=O) groups excluding carboxylic acids is 1. The second-order valence-electron chi connectivity index (χ2n) is 9.51. The summed E-state index contributed by atoms with van der Waals surface area (Å²) in [4.78, 5) is 25.5. The Bertz CT molecular complexity index is 1560. The molecule has 0 aliphatic carbocycles. The summed E-state index contributed by atoms with van der Waals surface area (Å²) in [5.74, 6) is 1.64. The van der Waals surface area contributed by atoms with Gasteiger partial charge in [-0.05, 0) is 86.6 Å². The Labute approximate surface area is 210 Å². The molecule has 6 heteroatoms. The molecular weight excluding hydrogens is 446 g/mol. The SMILES string of the molecule is Cc1cccc2ccnc(N(C(=O)c3ccc(-n4c(C)nc5ccccc54)cc3)[C@@H]3CCCNC3)c12. The van der Waals surface area contributed by atoms with E-state index in [1.165, 1.54) is 0 Å². The number of amides is 1. The van der Waals surface area contributed by atoms with E-state index in [0.29, 0.717) is 5.56 Å². The molecule has 1 atom stereocenters. The molecule has 36 heavy (non-hydrogen) atoms. The van der Waals surface area contributed by atoms with E-state index in [-0.39, 0.29) is 11.9 Å². The van der Waals surface area contributed by atoms with E-state index in [4.69, 9.17) is 4.98 Å². The van der Waals surface area contributed by atoms with E-state index < -0.39 is 0 Å². The number of para-hydroxylation sites is 2. The van der Waals surface area contributed by atoms with Crippen LogP contribution in [0.2, 0.25) is 0 Å². The monoisotopic (exact) mass is 475 g/mol. The standard InChI is InChI=1S/C30H29N5O/c1-20-7-5-8-22-16-18-32-29(28(20)22)35(25-9-6-17-31-19-25)30(36)23-12-14-24(15-13-23)34-21(2)33-26-10-3-4-11-27(26)34/h3-5,7-8,10-16,18,25,31H,6,9,17,19H2,1-2H3/t25-/m1/s1. The minimum Gasteiger partial charge on any atom is -0.315 e. The maximum Gasteiger partial charge on any atom is 0.259 e. The number of aryl methyl sites for hydroxylation is 2. The molecule has 2 aromatic heterocycles. The second-order valence-corrected chi connectivity index (χ2v) is 9.51. The van der Waals surface area contributed by atoms with Crippen LogP contribution in [0, 0.1) is 13.8 Å². The number of piperidine rings is 1. The fraction of sp³-hybridized carbons (Fsp3) is 0.233. The van der Waals surface area contributed by atoms with Gasteiger partial charge < -0.3 is 5.32 Å². The zero-order valence-electron chi connectivity index (χ0n) is 20.6. The Balaban J connectivity index is 1.42. The predicted molar refractivity (Wildman–Crippen MR) is 145 cm³/mol. The average molecular weight is 476 g/mol. The van der Waals surface area contributed by atoms with Crippen molar-refractivity contribution < 1.29 is 4.79 Å². The molecule has 1 N–H and O–H groups in total. The van der Waals surface area contributed by atoms with Crippen LogP contribution in [0.4, 0.5) is 5.82 Å². The number of benzene rings is 3. The van der Waals surface area contributed by atoms with Gasteiger partial charge in [0.1, 0.15) is 11.6 Å². The molecule has 0 spiro atoms. The van der Waals surface area contributed by atoms with Gasteiger partial charge in [-0.25, -0.2) is 9.97 Å². The third kappa shape index (κ3) is 3.84. The number of imidazole rings is 1. The van der Waals surface area contributed by atoms with Gasteiger partial charge in [0.05, 0.1) is 17.1 Å². The van der Waals surface area contributed by atoms with Crippen molar-refractivity contribution in [2.45, 2.75) is 32.7 Å². The largest absolute Gasteiger partial charge is 0.315 e. The Kier molecular flexibility index (Phi) is 5.74. The van der Waals surface area contributed by atoms with Gasteiger partial charge in [-0.3, -0.25) is 14.3 Å². The third-order valence-electron chi connectivity index (χ3n) is 7.16. The number of aromatic nitrogens is 3. The lowest BCUT2D eigenvalue weighted by atomic mass is 10.0. The van der Waals surface area contributed by atoms with E-state index in [0.717, 1.165) is 70.6 Å². The first-order valence-electron chi connectivity index (χ1n) is 12.5. The molecular formula is C30H29N5O. The van der Waals surface area contributed by atoms with Crippen LogP contribution in [0.15, 0.2) is 79.0 Å². The summed E-state index contributed by atoms with van der Waals surface area (Å²) in [5, 5.41) is 5.61. The predicted octanol–water partition coefficient (Wildman–Crippen LogP) is 5.59. The summed E-state index contributed by atoms with van der Waals surface area (Å²) < 4.78 is 2.13. The van der Waals surface area contributed by atoms with Crippen molar-refractivity contribution in [2.75, 3.05) is 18.0 Å². The van der Waals surface area contributed by atoms with Gasteiger partial charge in [-0.1, -0.05) is 30.3 Å². The number of nitrogens with one attached hydrogen (secondary N) is 1. The van der Waals surface area contributed by atoms with Crippen LogP contribution in [0.3, 0.4) is 0 Å². The van der Waals surface area contributed by atoms with Gasteiger partial charge in [-0.15, -0.1) is 0 Å². The molecule has 6 rings (SSSR count). The molecule has 3 heterocycles. The summed E-state index contributed by atoms with van der Waals surface area (Å²) >= 11 is 0. The molecule has 0 saturated carbocycles. The number of nitrogens with zero attached hydrogens (tertiary/aromatic N) is 4. The highest BCUT2D eigenvalue weighted by atomic mass is 16.2. The molecule has 1 aliphatic rings. The summed E-state index contributed by atoms with van der Waals surface area (Å²) in [7, 11) is 0. The quantitative estimate of drug-likeness (QED) is 0.368. The molecule has 0 radical (unpaired) electrons. The fourth-order valence-corrected chi connectivity index (χ4v) is 5.42. The van der Waals surface area contributed by atoms with Crippen molar-refractivity contribution in [3.05, 3.63) is 95.9 Å². The maximum absolute atomic E-state index is 14.1. The maximum atomic E-state index is 14.1. The van der Waals surface area contributed by atoms with Gasteiger partial charge in [0, 0.05) is 29.4 Å². The van der Waals surface area contributed by atoms with Crippen LogP contribution in [-0.4, -0.2) is 39.6 Å². The van der Waals surface area contributed by atoms with Crippen LogP contribution >= 0.6 is 0 Å². The zero-order valence-corrected chi connectivity index (χ0v) is 20.6. The van der Waals surface area contributed by atoms with E-state index in [2.05, 4.69) is 46.1 Å². The first kappa shape index (κ1) is 22.4. The highest BCUT2D eigenvalue weighted by molar-refractivity contribution is 6.10. The molecule has 1 amide bonds. The van der Waals surface area contributed by atoms with E-state index >= 15 is 0 Å². The number of rotatable bonds is 4. The van der Waals surface area contributed by atoms with Crippen LogP contribution in [0.1, 0.15) is 34.6 Å². The van der Waals surface area contributed by atoms with Crippen molar-refractivity contribution in [3.8, 4) is 5.69 Å². The number of fused-ring (bicyclic) bond motifs is 2.